The minimum Gasteiger partial charge on any atom is -0.324 e. The van der Waals surface area contributed by atoms with E-state index in [9.17, 15) is 14.9 Å². The summed E-state index contributed by atoms with van der Waals surface area (Å²) >= 11 is 7.62. The number of amides is 1. The van der Waals surface area contributed by atoms with Crippen LogP contribution in [-0.2, 0) is 4.79 Å². The molecule has 0 fully saturated rings. The Balaban J connectivity index is 1.65. The van der Waals surface area contributed by atoms with Crippen molar-refractivity contribution in [2.45, 2.75) is 13.0 Å². The van der Waals surface area contributed by atoms with Crippen molar-refractivity contribution in [1.82, 2.24) is 9.88 Å². The summed E-state index contributed by atoms with van der Waals surface area (Å²) in [6, 6.07) is 11.8. The number of carbonyl (C=O) groups excluding carboxylic acids is 1. The number of non-ortho nitro benzene ring substituents is 1. The fourth-order valence-electron chi connectivity index (χ4n) is 2.53. The normalized spacial score (nSPS) is 12.3. The minimum absolute atomic E-state index is 0.0412. The van der Waals surface area contributed by atoms with E-state index < -0.39 is 4.92 Å². The molecule has 0 spiro atoms. The summed E-state index contributed by atoms with van der Waals surface area (Å²) in [7, 11) is 1.84. The molecule has 9 heteroatoms. The number of anilines is 1. The van der Waals surface area contributed by atoms with Crippen LogP contribution in [0.3, 0.4) is 0 Å². The average Bonchev–Trinajstić information content (AvgIpc) is 3.06. The highest BCUT2D eigenvalue weighted by molar-refractivity contribution is 7.18. The fourth-order valence-corrected chi connectivity index (χ4v) is 3.84. The molecule has 1 N–H and O–H groups in total. The van der Waals surface area contributed by atoms with Crippen LogP contribution in [0.15, 0.2) is 42.5 Å². The highest BCUT2D eigenvalue weighted by atomic mass is 35.5. The van der Waals surface area contributed by atoms with Crippen molar-refractivity contribution in [2.75, 3.05) is 18.9 Å². The Kier molecular flexibility index (Phi) is 5.69. The molecule has 1 heterocycles. The summed E-state index contributed by atoms with van der Waals surface area (Å²) < 4.78 is 1.11. The van der Waals surface area contributed by atoms with Gasteiger partial charge in [0.15, 0.2) is 0 Å². The van der Waals surface area contributed by atoms with E-state index in [-0.39, 0.29) is 29.2 Å². The van der Waals surface area contributed by atoms with Crippen molar-refractivity contribution in [1.29, 1.82) is 0 Å². The van der Waals surface area contributed by atoms with Gasteiger partial charge in [0.1, 0.15) is 5.01 Å². The van der Waals surface area contributed by atoms with Gasteiger partial charge in [0.2, 0.25) is 5.91 Å². The Morgan fingerprint density at radius 1 is 1.37 bits per heavy atom. The zero-order valence-corrected chi connectivity index (χ0v) is 16.3. The summed E-state index contributed by atoms with van der Waals surface area (Å²) in [6.07, 6.45) is 0. The number of likely N-dealkylation sites (N-methyl/N-ethyl adjacent to an activating group) is 1. The van der Waals surface area contributed by atoms with Crippen molar-refractivity contribution in [3.8, 4) is 0 Å². The number of nitro groups is 1. The van der Waals surface area contributed by atoms with Crippen LogP contribution in [-0.4, -0.2) is 34.3 Å². The first-order chi connectivity index (χ1) is 12.8. The molecule has 0 aliphatic heterocycles. The Morgan fingerprint density at radius 2 is 2.11 bits per heavy atom. The molecule has 140 valence electrons. The maximum absolute atomic E-state index is 12.3. The van der Waals surface area contributed by atoms with Crippen LogP contribution < -0.4 is 5.32 Å². The maximum atomic E-state index is 12.3. The second-order valence-electron chi connectivity index (χ2n) is 6.08. The van der Waals surface area contributed by atoms with Crippen molar-refractivity contribution in [2.24, 2.45) is 0 Å². The highest BCUT2D eigenvalue weighted by Crippen LogP contribution is 2.29. The molecule has 1 atom stereocenters. The van der Waals surface area contributed by atoms with E-state index in [0.717, 1.165) is 15.2 Å². The smallest absolute Gasteiger partial charge is 0.271 e. The highest BCUT2D eigenvalue weighted by Gasteiger charge is 2.19. The third-order valence-electron chi connectivity index (χ3n) is 4.16. The molecule has 27 heavy (non-hydrogen) atoms. The Labute approximate surface area is 164 Å². The van der Waals surface area contributed by atoms with Gasteiger partial charge < -0.3 is 5.32 Å². The predicted molar refractivity (Wildman–Crippen MR) is 107 cm³/mol. The number of fused-ring (bicyclic) bond motifs is 1. The molecule has 0 saturated carbocycles. The Hall–Kier alpha value is -2.55. The molecule has 0 saturated heterocycles. The van der Waals surface area contributed by atoms with E-state index in [1.165, 1.54) is 18.2 Å². The number of hydrogen-bond acceptors (Lipinski definition) is 6. The number of halogens is 1. The molecule has 0 unspecified atom stereocenters. The van der Waals surface area contributed by atoms with Gasteiger partial charge in [-0.3, -0.25) is 19.8 Å². The van der Waals surface area contributed by atoms with Crippen LogP contribution >= 0.6 is 22.9 Å². The zero-order valence-electron chi connectivity index (χ0n) is 14.7. The van der Waals surface area contributed by atoms with Crippen LogP contribution in [0, 0.1) is 10.1 Å². The van der Waals surface area contributed by atoms with Gasteiger partial charge in [-0.1, -0.05) is 23.7 Å². The number of benzene rings is 2. The second kappa shape index (κ2) is 7.99. The van der Waals surface area contributed by atoms with Gasteiger partial charge in [0.05, 0.1) is 38.4 Å². The SMILES string of the molecule is C[C@H](c1nc2ccccc2s1)N(C)CC(=O)Nc1ccc([N+](=O)[O-])cc1Cl. The van der Waals surface area contributed by atoms with Crippen molar-refractivity contribution < 1.29 is 9.72 Å². The number of para-hydroxylation sites is 1. The number of aromatic nitrogens is 1. The van der Waals surface area contributed by atoms with E-state index in [1.807, 2.05) is 43.1 Å². The lowest BCUT2D eigenvalue weighted by atomic mass is 10.2. The minimum atomic E-state index is -0.537. The quantitative estimate of drug-likeness (QED) is 0.483. The van der Waals surface area contributed by atoms with E-state index >= 15 is 0 Å². The maximum Gasteiger partial charge on any atom is 0.271 e. The van der Waals surface area contributed by atoms with Gasteiger partial charge >= 0.3 is 0 Å². The van der Waals surface area contributed by atoms with E-state index in [4.69, 9.17) is 11.6 Å². The van der Waals surface area contributed by atoms with E-state index in [1.54, 1.807) is 11.3 Å². The second-order valence-corrected chi connectivity index (χ2v) is 7.55. The molecule has 0 aliphatic carbocycles. The monoisotopic (exact) mass is 404 g/mol. The lowest BCUT2D eigenvalue weighted by Gasteiger charge is -2.22. The standard InChI is InChI=1S/C18H17ClN4O3S/c1-11(18-21-15-5-3-4-6-16(15)27-18)22(2)10-17(24)20-14-8-7-12(23(25)26)9-13(14)19/h3-9,11H,10H2,1-2H3,(H,20,24)/t11-/m1/s1. The molecule has 7 nitrogen and oxygen atoms in total. The summed E-state index contributed by atoms with van der Waals surface area (Å²) in [5.41, 5.74) is 1.16. The van der Waals surface area contributed by atoms with Gasteiger partial charge in [-0.15, -0.1) is 11.3 Å². The number of nitrogens with one attached hydrogen (secondary N) is 1. The summed E-state index contributed by atoms with van der Waals surface area (Å²) in [5.74, 6) is -0.263. The van der Waals surface area contributed by atoms with Gasteiger partial charge in [-0.25, -0.2) is 4.98 Å². The molecule has 1 aromatic heterocycles. The molecule has 3 aromatic rings. The number of nitro benzene ring substituents is 1. The molecule has 1 amide bonds. The van der Waals surface area contributed by atoms with Crippen LogP contribution in [0.25, 0.3) is 10.2 Å². The van der Waals surface area contributed by atoms with Crippen molar-refractivity contribution >= 4 is 50.4 Å². The van der Waals surface area contributed by atoms with Crippen LogP contribution in [0.5, 0.6) is 0 Å². The predicted octanol–water partition coefficient (Wildman–Crippen LogP) is 4.49. The van der Waals surface area contributed by atoms with Crippen LogP contribution in [0.1, 0.15) is 18.0 Å². The zero-order chi connectivity index (χ0) is 19.6. The molecule has 3 rings (SSSR count). The lowest BCUT2D eigenvalue weighted by Crippen LogP contribution is -2.32. The van der Waals surface area contributed by atoms with Gasteiger partial charge in [-0.05, 0) is 32.2 Å². The van der Waals surface area contributed by atoms with Crippen LogP contribution in [0.4, 0.5) is 11.4 Å². The fraction of sp³-hybridized carbons (Fsp3) is 0.222. The number of rotatable bonds is 6. The van der Waals surface area contributed by atoms with Crippen molar-refractivity contribution in [3.63, 3.8) is 0 Å². The Bertz CT molecular complexity index is 974. The number of thiazole rings is 1. The number of hydrogen-bond donors (Lipinski definition) is 1. The molecular weight excluding hydrogens is 388 g/mol. The summed E-state index contributed by atoms with van der Waals surface area (Å²) in [4.78, 5) is 29.1. The molecule has 0 aliphatic rings. The van der Waals surface area contributed by atoms with Gasteiger partial charge in [0, 0.05) is 12.1 Å². The third-order valence-corrected chi connectivity index (χ3v) is 5.68. The van der Waals surface area contributed by atoms with E-state index in [0.29, 0.717) is 5.69 Å². The first kappa shape index (κ1) is 19.2. The first-order valence-corrected chi connectivity index (χ1v) is 9.34. The first-order valence-electron chi connectivity index (χ1n) is 8.14. The van der Waals surface area contributed by atoms with Crippen LogP contribution in [0.2, 0.25) is 5.02 Å². The average molecular weight is 405 g/mol. The van der Waals surface area contributed by atoms with Gasteiger partial charge in [0.25, 0.3) is 5.69 Å². The topological polar surface area (TPSA) is 88.4 Å². The molecule has 2 aromatic carbocycles. The number of nitrogens with zero attached hydrogens (tertiary/aromatic N) is 3. The third kappa shape index (κ3) is 4.41. The summed E-state index contributed by atoms with van der Waals surface area (Å²) in [5, 5.41) is 14.5. The molecule has 0 bridgehead atoms. The largest absolute Gasteiger partial charge is 0.324 e. The van der Waals surface area contributed by atoms with Crippen molar-refractivity contribution in [3.05, 3.63) is 62.6 Å². The molecular formula is C18H17ClN4O3S. The lowest BCUT2D eigenvalue weighted by molar-refractivity contribution is -0.384. The summed E-state index contributed by atoms with van der Waals surface area (Å²) in [6.45, 7) is 2.12. The van der Waals surface area contributed by atoms with E-state index in [2.05, 4.69) is 10.3 Å². The Morgan fingerprint density at radius 3 is 2.78 bits per heavy atom. The van der Waals surface area contributed by atoms with Gasteiger partial charge in [-0.2, -0.15) is 0 Å². The molecule has 0 radical (unpaired) electrons. The number of carbonyl (C=O) groups is 1.